The lowest BCUT2D eigenvalue weighted by molar-refractivity contribution is 1.16. The minimum atomic E-state index is 0.713. The first-order chi connectivity index (χ1) is 31.6. The molecule has 0 spiro atoms. The lowest BCUT2D eigenvalue weighted by Gasteiger charge is -2.12. The first kappa shape index (κ1) is 36.1. The summed E-state index contributed by atoms with van der Waals surface area (Å²) in [6.07, 6.45) is 0. The van der Waals surface area contributed by atoms with Gasteiger partial charge in [0.25, 0.3) is 0 Å². The zero-order valence-electron chi connectivity index (χ0n) is 35.0. The maximum Gasteiger partial charge on any atom is 0.160 e. The number of nitrogens with zero attached hydrogens (tertiary/aromatic N) is 5. The van der Waals surface area contributed by atoms with Crippen LogP contribution in [0.5, 0.6) is 0 Å². The monoisotopic (exact) mass is 817 g/mol. The molecule has 9 aromatic carbocycles. The smallest absolute Gasteiger partial charge is 0.160 e. The zero-order valence-corrected chi connectivity index (χ0v) is 35.0. The quantitative estimate of drug-likeness (QED) is 0.168. The molecule has 0 fully saturated rings. The topological polar surface area (TPSA) is 40.6 Å². The van der Waals surface area contributed by atoms with E-state index in [4.69, 9.17) is 9.97 Å². The maximum atomic E-state index is 5.16. The normalized spacial score (nSPS) is 11.8. The molecule has 5 heteroatoms. The minimum absolute atomic E-state index is 0.713. The highest BCUT2D eigenvalue weighted by molar-refractivity contribution is 6.14. The molecule has 0 aliphatic heterocycles. The maximum absolute atomic E-state index is 5.16. The Morgan fingerprint density at radius 1 is 0.281 bits per heavy atom. The Balaban J connectivity index is 1.02. The number of benzene rings is 9. The van der Waals surface area contributed by atoms with E-state index in [1.54, 1.807) is 0 Å². The summed E-state index contributed by atoms with van der Waals surface area (Å²) < 4.78 is 7.23. The second-order valence-corrected chi connectivity index (χ2v) is 16.7. The van der Waals surface area contributed by atoms with Gasteiger partial charge in [0.1, 0.15) is 0 Å². The summed E-state index contributed by atoms with van der Waals surface area (Å²) in [4.78, 5) is 10.2. The van der Waals surface area contributed by atoms with Gasteiger partial charge in [-0.25, -0.2) is 9.97 Å². The number of rotatable bonds is 6. The highest BCUT2D eigenvalue weighted by Gasteiger charge is 2.19. The molecule has 0 radical (unpaired) electrons. The van der Waals surface area contributed by atoms with E-state index in [0.29, 0.717) is 5.82 Å². The molecule has 4 heterocycles. The fraction of sp³-hybridized carbons (Fsp3) is 0.0169. The van der Waals surface area contributed by atoms with Gasteiger partial charge in [-0.05, 0) is 91.9 Å². The molecule has 0 unspecified atom stereocenters. The second kappa shape index (κ2) is 14.3. The molecule has 0 N–H and O–H groups in total. The predicted octanol–water partition coefficient (Wildman–Crippen LogP) is 15.1. The van der Waals surface area contributed by atoms with E-state index in [-0.39, 0.29) is 0 Å². The van der Waals surface area contributed by atoms with Crippen molar-refractivity contribution in [2.24, 2.45) is 0 Å². The third kappa shape index (κ3) is 5.64. The van der Waals surface area contributed by atoms with Crippen LogP contribution >= 0.6 is 0 Å². The van der Waals surface area contributed by atoms with Gasteiger partial charge in [0.15, 0.2) is 5.82 Å². The molecule has 13 rings (SSSR count). The van der Waals surface area contributed by atoms with Crippen molar-refractivity contribution < 1.29 is 0 Å². The van der Waals surface area contributed by atoms with Crippen molar-refractivity contribution in [1.29, 1.82) is 0 Å². The van der Waals surface area contributed by atoms with Gasteiger partial charge in [0.2, 0.25) is 0 Å². The number of aryl methyl sites for hydroxylation is 1. The van der Waals surface area contributed by atoms with Crippen molar-refractivity contribution >= 4 is 65.4 Å². The molecule has 0 atom stereocenters. The van der Waals surface area contributed by atoms with E-state index in [1.165, 1.54) is 59.9 Å². The first-order valence-corrected chi connectivity index (χ1v) is 21.8. The van der Waals surface area contributed by atoms with Gasteiger partial charge in [0, 0.05) is 66.1 Å². The summed E-state index contributed by atoms with van der Waals surface area (Å²) in [6, 6.07) is 78.6. The molecule has 0 amide bonds. The lowest BCUT2D eigenvalue weighted by atomic mass is 10.1. The summed E-state index contributed by atoms with van der Waals surface area (Å²) in [7, 11) is 0. The van der Waals surface area contributed by atoms with E-state index < -0.39 is 0 Å². The predicted molar refractivity (Wildman–Crippen MR) is 266 cm³/mol. The van der Waals surface area contributed by atoms with Crippen molar-refractivity contribution in [2.75, 3.05) is 0 Å². The van der Waals surface area contributed by atoms with E-state index in [9.17, 15) is 0 Å². The molecule has 300 valence electrons. The third-order valence-electron chi connectivity index (χ3n) is 12.9. The summed E-state index contributed by atoms with van der Waals surface area (Å²) in [5.74, 6) is 0.713. The van der Waals surface area contributed by atoms with Crippen molar-refractivity contribution in [3.05, 3.63) is 224 Å². The Labute approximate surface area is 369 Å². The van der Waals surface area contributed by atoms with Crippen LogP contribution in [0.3, 0.4) is 0 Å². The Hall–Kier alpha value is -8.54. The minimum Gasteiger partial charge on any atom is -0.309 e. The van der Waals surface area contributed by atoms with Gasteiger partial charge in [-0.2, -0.15) is 0 Å². The number of fused-ring (bicyclic) bond motifs is 9. The number of hydrogen-bond donors (Lipinski definition) is 0. The summed E-state index contributed by atoms with van der Waals surface area (Å²) in [6.45, 7) is 2.11. The van der Waals surface area contributed by atoms with Crippen LogP contribution in [0, 0.1) is 6.92 Å². The van der Waals surface area contributed by atoms with Crippen molar-refractivity contribution in [1.82, 2.24) is 23.7 Å². The van der Waals surface area contributed by atoms with E-state index in [2.05, 4.69) is 233 Å². The molecule has 0 saturated heterocycles. The highest BCUT2D eigenvalue weighted by atomic mass is 15.0. The fourth-order valence-corrected chi connectivity index (χ4v) is 10.0. The standard InChI is InChI=1S/C59H39N5/c1-38-14-13-17-41(34-38)59-60-51(39-15-3-2-4-16-39)37-52(61-59)40-26-28-42(29-27-40)62-57-32-30-43(63-53-22-9-5-18-45(53)46-19-6-10-23-54(46)63)35-49(57)50-36-44(31-33-58(50)62)64-55-24-11-7-20-47(55)48-21-8-12-25-56(48)64/h2-37H,1H3. The SMILES string of the molecule is Cc1cccc(-c2nc(-c3ccccc3)cc(-c3ccc(-n4c5ccc(-n6c7ccccc7c7ccccc76)cc5c5cc(-n6c7ccccc7c7ccccc76)ccc54)cc3)n2)c1. The van der Waals surface area contributed by atoms with Gasteiger partial charge in [-0.3, -0.25) is 0 Å². The number of hydrogen-bond acceptors (Lipinski definition) is 2. The fourth-order valence-electron chi connectivity index (χ4n) is 10.0. The third-order valence-corrected chi connectivity index (χ3v) is 12.9. The average Bonchev–Trinajstić information content (AvgIpc) is 3.99. The molecule has 13 aromatic rings. The van der Waals surface area contributed by atoms with Crippen molar-refractivity contribution in [3.63, 3.8) is 0 Å². The Morgan fingerprint density at radius 2 is 0.672 bits per heavy atom. The molecule has 0 saturated carbocycles. The van der Waals surface area contributed by atoms with Crippen molar-refractivity contribution in [2.45, 2.75) is 6.92 Å². The molecule has 64 heavy (non-hydrogen) atoms. The molecule has 0 bridgehead atoms. The Kier molecular flexibility index (Phi) is 8.06. The van der Waals surface area contributed by atoms with Gasteiger partial charge in [0.05, 0.1) is 44.5 Å². The summed E-state index contributed by atoms with van der Waals surface area (Å²) in [5, 5.41) is 7.37. The molecular weight excluding hydrogens is 779 g/mol. The summed E-state index contributed by atoms with van der Waals surface area (Å²) >= 11 is 0. The van der Waals surface area contributed by atoms with Gasteiger partial charge >= 0.3 is 0 Å². The summed E-state index contributed by atoms with van der Waals surface area (Å²) in [5.41, 5.74) is 16.4. The average molecular weight is 818 g/mol. The van der Waals surface area contributed by atoms with Crippen LogP contribution in [-0.2, 0) is 0 Å². The largest absolute Gasteiger partial charge is 0.309 e. The highest BCUT2D eigenvalue weighted by Crippen LogP contribution is 2.40. The number of para-hydroxylation sites is 4. The molecule has 0 aliphatic rings. The second-order valence-electron chi connectivity index (χ2n) is 16.7. The van der Waals surface area contributed by atoms with Gasteiger partial charge < -0.3 is 13.7 Å². The lowest BCUT2D eigenvalue weighted by Crippen LogP contribution is -1.98. The van der Waals surface area contributed by atoms with E-state index in [1.807, 2.05) is 6.07 Å². The van der Waals surface area contributed by atoms with E-state index in [0.717, 1.165) is 56.2 Å². The van der Waals surface area contributed by atoms with Gasteiger partial charge in [-0.1, -0.05) is 139 Å². The van der Waals surface area contributed by atoms with Crippen LogP contribution in [0.2, 0.25) is 0 Å². The van der Waals surface area contributed by atoms with Crippen LogP contribution in [0.4, 0.5) is 0 Å². The Morgan fingerprint density at radius 3 is 1.16 bits per heavy atom. The van der Waals surface area contributed by atoms with E-state index >= 15 is 0 Å². The van der Waals surface area contributed by atoms with Crippen LogP contribution < -0.4 is 0 Å². The molecule has 0 aliphatic carbocycles. The molecular formula is C59H39N5. The zero-order chi connectivity index (χ0) is 42.3. The number of aromatic nitrogens is 5. The van der Waals surface area contributed by atoms with Crippen LogP contribution in [0.1, 0.15) is 5.56 Å². The molecule has 4 aromatic heterocycles. The first-order valence-electron chi connectivity index (χ1n) is 21.8. The van der Waals surface area contributed by atoms with Gasteiger partial charge in [-0.15, -0.1) is 0 Å². The van der Waals surface area contributed by atoms with Crippen LogP contribution in [0.25, 0.3) is 116 Å². The molecule has 5 nitrogen and oxygen atoms in total. The van der Waals surface area contributed by atoms with Crippen LogP contribution in [-0.4, -0.2) is 23.7 Å². The van der Waals surface area contributed by atoms with Crippen molar-refractivity contribution in [3.8, 4) is 51.0 Å². The van der Waals surface area contributed by atoms with Crippen LogP contribution in [0.15, 0.2) is 218 Å². The Bertz CT molecular complexity index is 3680.